The molecule has 0 aliphatic rings. The highest BCUT2D eigenvalue weighted by Crippen LogP contribution is 2.17. The lowest BCUT2D eigenvalue weighted by Crippen LogP contribution is -2.26. The summed E-state index contributed by atoms with van der Waals surface area (Å²) in [6, 6.07) is 16.1. The van der Waals surface area contributed by atoms with E-state index in [0.717, 1.165) is 22.0 Å². The number of hydrogen-bond acceptors (Lipinski definition) is 4. The second kappa shape index (κ2) is 6.87. The van der Waals surface area contributed by atoms with Gasteiger partial charge in [0.15, 0.2) is 0 Å². The Hall–Kier alpha value is -3.74. The molecule has 7 nitrogen and oxygen atoms in total. The van der Waals surface area contributed by atoms with Crippen LogP contribution in [0.5, 0.6) is 0 Å². The fourth-order valence-electron chi connectivity index (χ4n) is 2.76. The number of amides is 1. The van der Waals surface area contributed by atoms with Gasteiger partial charge in [0.05, 0.1) is 18.3 Å². The van der Waals surface area contributed by atoms with Gasteiger partial charge in [0.1, 0.15) is 5.69 Å². The quantitative estimate of drug-likeness (QED) is 0.586. The molecule has 0 bridgehead atoms. The molecule has 0 fully saturated rings. The van der Waals surface area contributed by atoms with E-state index in [-0.39, 0.29) is 17.2 Å². The van der Waals surface area contributed by atoms with Crippen molar-refractivity contribution in [2.45, 2.75) is 13.5 Å². The number of nitrogens with one attached hydrogen (secondary N) is 2. The van der Waals surface area contributed by atoms with Crippen molar-refractivity contribution < 1.29 is 4.79 Å². The molecule has 0 aliphatic heterocycles. The molecular weight excluding hydrogens is 342 g/mol. The maximum Gasteiger partial charge on any atom is 0.276 e. The molecule has 2 N–H and O–H groups in total. The Morgan fingerprint density at radius 1 is 1.11 bits per heavy atom. The summed E-state index contributed by atoms with van der Waals surface area (Å²) >= 11 is 0. The molecule has 1 amide bonds. The van der Waals surface area contributed by atoms with Gasteiger partial charge in [0, 0.05) is 17.1 Å². The third kappa shape index (κ3) is 3.62. The van der Waals surface area contributed by atoms with Gasteiger partial charge in [-0.1, -0.05) is 29.8 Å². The van der Waals surface area contributed by atoms with Crippen LogP contribution >= 0.6 is 0 Å². The van der Waals surface area contributed by atoms with Gasteiger partial charge < -0.3 is 5.32 Å². The number of anilines is 1. The number of carbonyl (C=O) groups excluding carboxylic acids is 1. The van der Waals surface area contributed by atoms with Crippen LogP contribution in [-0.2, 0) is 6.54 Å². The zero-order chi connectivity index (χ0) is 18.8. The largest absolute Gasteiger partial charge is 0.321 e. The molecule has 0 radical (unpaired) electrons. The first kappa shape index (κ1) is 16.7. The second-order valence-electron chi connectivity index (χ2n) is 6.33. The summed E-state index contributed by atoms with van der Waals surface area (Å²) in [5.74, 6) is -0.383. The predicted molar refractivity (Wildman–Crippen MR) is 103 cm³/mol. The summed E-state index contributed by atoms with van der Waals surface area (Å²) in [6.07, 6.45) is 1.71. The number of carbonyl (C=O) groups is 1. The molecule has 2 aromatic heterocycles. The molecule has 0 unspecified atom stereocenters. The van der Waals surface area contributed by atoms with Crippen molar-refractivity contribution in [2.24, 2.45) is 0 Å². The van der Waals surface area contributed by atoms with Crippen molar-refractivity contribution in [3.05, 3.63) is 88.0 Å². The Kier molecular flexibility index (Phi) is 4.25. The van der Waals surface area contributed by atoms with Gasteiger partial charge >= 0.3 is 0 Å². The summed E-state index contributed by atoms with van der Waals surface area (Å²) < 4.78 is 1.29. The maximum atomic E-state index is 12.5. The van der Waals surface area contributed by atoms with Gasteiger partial charge in [-0.25, -0.2) is 4.68 Å². The summed E-state index contributed by atoms with van der Waals surface area (Å²) in [7, 11) is 0. The van der Waals surface area contributed by atoms with Gasteiger partial charge in [-0.15, -0.1) is 0 Å². The highest BCUT2D eigenvalue weighted by molar-refractivity contribution is 6.03. The first-order valence-corrected chi connectivity index (χ1v) is 8.47. The smallest absolute Gasteiger partial charge is 0.276 e. The van der Waals surface area contributed by atoms with E-state index in [9.17, 15) is 9.59 Å². The molecule has 0 saturated carbocycles. The van der Waals surface area contributed by atoms with Gasteiger partial charge in [-0.3, -0.25) is 14.7 Å². The van der Waals surface area contributed by atoms with Crippen LogP contribution in [0.4, 0.5) is 5.69 Å². The summed E-state index contributed by atoms with van der Waals surface area (Å²) in [4.78, 5) is 24.6. The van der Waals surface area contributed by atoms with E-state index in [4.69, 9.17) is 0 Å². The summed E-state index contributed by atoms with van der Waals surface area (Å²) in [5.41, 5.74) is 3.44. The number of nitrogens with zero attached hydrogens (tertiary/aromatic N) is 3. The average Bonchev–Trinajstić information content (AvgIpc) is 3.13. The van der Waals surface area contributed by atoms with Crippen molar-refractivity contribution >= 4 is 22.5 Å². The lowest BCUT2D eigenvalue weighted by molar-refractivity contribution is 0.102. The van der Waals surface area contributed by atoms with E-state index in [0.29, 0.717) is 12.2 Å². The van der Waals surface area contributed by atoms with E-state index in [1.54, 1.807) is 18.3 Å². The van der Waals surface area contributed by atoms with Gasteiger partial charge in [-0.05, 0) is 36.8 Å². The topological polar surface area (TPSA) is 92.7 Å². The van der Waals surface area contributed by atoms with Crippen LogP contribution in [0.3, 0.4) is 0 Å². The molecule has 0 atom stereocenters. The standard InChI is InChI=1S/C20H17N5O2/c1-13-2-4-14(5-3-13)12-25-19(26)9-8-17(24-25)20(27)22-16-7-6-15-11-21-23-18(15)10-16/h2-11H,12H2,1H3,(H,21,23)(H,22,27). The molecule has 2 heterocycles. The highest BCUT2D eigenvalue weighted by Gasteiger charge is 2.11. The number of hydrogen-bond donors (Lipinski definition) is 2. The molecule has 0 aliphatic carbocycles. The van der Waals surface area contributed by atoms with Gasteiger partial charge in [0.2, 0.25) is 0 Å². The van der Waals surface area contributed by atoms with Crippen molar-refractivity contribution in [3.63, 3.8) is 0 Å². The zero-order valence-electron chi connectivity index (χ0n) is 14.6. The highest BCUT2D eigenvalue weighted by atomic mass is 16.2. The van der Waals surface area contributed by atoms with E-state index >= 15 is 0 Å². The summed E-state index contributed by atoms with van der Waals surface area (Å²) in [5, 5.41) is 14.8. The van der Waals surface area contributed by atoms with E-state index in [2.05, 4.69) is 20.6 Å². The third-order valence-electron chi connectivity index (χ3n) is 4.25. The van der Waals surface area contributed by atoms with E-state index in [1.807, 2.05) is 37.3 Å². The number of aryl methyl sites for hydroxylation is 1. The number of H-pyrrole nitrogens is 1. The number of benzene rings is 2. The molecule has 7 heteroatoms. The van der Waals surface area contributed by atoms with Crippen molar-refractivity contribution in [2.75, 3.05) is 5.32 Å². The van der Waals surface area contributed by atoms with Gasteiger partial charge in [0.25, 0.3) is 11.5 Å². The van der Waals surface area contributed by atoms with Crippen LogP contribution < -0.4 is 10.9 Å². The molecule has 2 aromatic carbocycles. The minimum absolute atomic E-state index is 0.173. The Balaban J connectivity index is 1.56. The van der Waals surface area contributed by atoms with Crippen LogP contribution in [0.25, 0.3) is 10.9 Å². The van der Waals surface area contributed by atoms with Crippen LogP contribution in [0.2, 0.25) is 0 Å². The number of fused-ring (bicyclic) bond motifs is 1. The van der Waals surface area contributed by atoms with Crippen molar-refractivity contribution in [1.29, 1.82) is 0 Å². The lowest BCUT2D eigenvalue weighted by Gasteiger charge is -2.08. The average molecular weight is 359 g/mol. The van der Waals surface area contributed by atoms with Crippen molar-refractivity contribution in [1.82, 2.24) is 20.0 Å². The van der Waals surface area contributed by atoms with E-state index < -0.39 is 0 Å². The lowest BCUT2D eigenvalue weighted by atomic mass is 10.1. The Morgan fingerprint density at radius 3 is 2.74 bits per heavy atom. The minimum Gasteiger partial charge on any atom is -0.321 e. The van der Waals surface area contributed by atoms with Gasteiger partial charge in [-0.2, -0.15) is 10.2 Å². The molecule has 0 spiro atoms. The normalized spacial score (nSPS) is 10.9. The Morgan fingerprint density at radius 2 is 1.93 bits per heavy atom. The molecule has 4 rings (SSSR count). The fraction of sp³-hybridized carbons (Fsp3) is 0.100. The Bertz CT molecular complexity index is 1170. The molecule has 134 valence electrons. The second-order valence-corrected chi connectivity index (χ2v) is 6.33. The fourth-order valence-corrected chi connectivity index (χ4v) is 2.76. The van der Waals surface area contributed by atoms with E-state index in [1.165, 1.54) is 16.8 Å². The number of rotatable bonds is 4. The third-order valence-corrected chi connectivity index (χ3v) is 4.25. The Labute approximate surface area is 154 Å². The zero-order valence-corrected chi connectivity index (χ0v) is 14.6. The molecular formula is C20H17N5O2. The maximum absolute atomic E-state index is 12.5. The number of aromatic nitrogens is 4. The molecule has 27 heavy (non-hydrogen) atoms. The SMILES string of the molecule is Cc1ccc(Cn2nc(C(=O)Nc3ccc4cn[nH]c4c3)ccc2=O)cc1. The van der Waals surface area contributed by atoms with Crippen LogP contribution in [0.1, 0.15) is 21.6 Å². The monoisotopic (exact) mass is 359 g/mol. The first-order valence-electron chi connectivity index (χ1n) is 8.47. The first-order chi connectivity index (χ1) is 13.1. The van der Waals surface area contributed by atoms with Crippen LogP contribution in [-0.4, -0.2) is 25.9 Å². The minimum atomic E-state index is -0.383. The number of aromatic amines is 1. The van der Waals surface area contributed by atoms with Crippen LogP contribution in [0, 0.1) is 6.92 Å². The molecule has 4 aromatic rings. The summed E-state index contributed by atoms with van der Waals surface area (Å²) in [6.45, 7) is 2.31. The van der Waals surface area contributed by atoms with Crippen molar-refractivity contribution in [3.8, 4) is 0 Å². The molecule has 0 saturated heterocycles. The predicted octanol–water partition coefficient (Wildman–Crippen LogP) is 2.73. The van der Waals surface area contributed by atoms with Crippen LogP contribution in [0.15, 0.2) is 65.6 Å².